The van der Waals surface area contributed by atoms with Gasteiger partial charge >= 0.3 is 16.5 Å². The topological polar surface area (TPSA) is 58.5 Å². The fourth-order valence-electron chi connectivity index (χ4n) is 0.142. The summed E-state index contributed by atoms with van der Waals surface area (Å²) in [5, 5.41) is 1.76. The molecule has 0 saturated heterocycles. The molecule has 0 unspecified atom stereocenters. The van der Waals surface area contributed by atoms with Gasteiger partial charge in [-0.15, -0.1) is 0 Å². The molecule has 0 rings (SSSR count). The maximum atomic E-state index is 11.3. The molecule has 0 fully saturated rings. The second kappa shape index (κ2) is 2.72. The monoisotopic (exact) mass is 158 g/mol. The van der Waals surface area contributed by atoms with Crippen LogP contribution in [0.25, 0.3) is 0 Å². The number of halogens is 2. The molecule has 0 aromatic heterocycles. The van der Waals surface area contributed by atoms with Gasteiger partial charge in [-0.1, -0.05) is 12.1 Å². The number of hydrogen-bond acceptors (Lipinski definition) is 2. The zero-order chi connectivity index (χ0) is 7.49. The van der Waals surface area contributed by atoms with E-state index in [-0.39, 0.29) is 0 Å². The van der Waals surface area contributed by atoms with Crippen LogP contribution in [0.3, 0.4) is 0 Å². The van der Waals surface area contributed by atoms with Crippen LogP contribution in [0.2, 0.25) is 0 Å². The second-order valence-electron chi connectivity index (χ2n) is 1.04. The molecule has 0 bridgehead atoms. The van der Waals surface area contributed by atoms with Crippen LogP contribution in [0.5, 0.6) is 0 Å². The minimum Gasteiger partial charge on any atom is -0.339 e. The van der Waals surface area contributed by atoms with Gasteiger partial charge in [0, 0.05) is 7.05 Å². The molecule has 0 saturated carbocycles. The number of rotatable bonds is 0. The van der Waals surface area contributed by atoms with Crippen molar-refractivity contribution < 1.29 is 16.8 Å². The standard InChI is InChI=1S/C2H4F2N2O2S/c1-5-2(7)6-9(3,4)8/h1H3,(H,5,7). The first-order chi connectivity index (χ1) is 3.95. The summed E-state index contributed by atoms with van der Waals surface area (Å²) in [7, 11) is -4.16. The number of urea groups is 1. The van der Waals surface area contributed by atoms with Gasteiger partial charge in [0.1, 0.15) is 0 Å². The average molecular weight is 158 g/mol. The first-order valence-electron chi connectivity index (χ1n) is 1.84. The lowest BCUT2D eigenvalue weighted by Crippen LogP contribution is -2.13. The number of carbonyl (C=O) groups excluding carboxylic acids is 1. The summed E-state index contributed by atoms with van der Waals surface area (Å²) >= 11 is 0. The quantitative estimate of drug-likeness (QED) is 0.523. The highest BCUT2D eigenvalue weighted by molar-refractivity contribution is 7.83. The van der Waals surface area contributed by atoms with E-state index in [4.69, 9.17) is 0 Å². The maximum absolute atomic E-state index is 11.3. The fourth-order valence-corrected chi connectivity index (χ4v) is 0.427. The Balaban J connectivity index is 4.33. The Morgan fingerprint density at radius 1 is 1.67 bits per heavy atom. The van der Waals surface area contributed by atoms with Crippen molar-refractivity contribution in [3.8, 4) is 0 Å². The molecule has 0 aromatic rings. The smallest absolute Gasteiger partial charge is 0.339 e. The first-order valence-corrected chi connectivity index (χ1v) is 3.15. The summed E-state index contributed by atoms with van der Waals surface area (Å²) in [4.78, 5) is 9.89. The predicted molar refractivity (Wildman–Crippen MR) is 27.2 cm³/mol. The first kappa shape index (κ1) is 8.28. The Kier molecular flexibility index (Phi) is 2.50. The van der Waals surface area contributed by atoms with E-state index in [0.29, 0.717) is 0 Å². The van der Waals surface area contributed by atoms with Crippen LogP contribution >= 0.6 is 0 Å². The van der Waals surface area contributed by atoms with Gasteiger partial charge in [-0.3, -0.25) is 0 Å². The van der Waals surface area contributed by atoms with Crippen LogP contribution in [-0.4, -0.2) is 17.3 Å². The van der Waals surface area contributed by atoms with Crippen LogP contribution < -0.4 is 5.32 Å². The minimum atomic E-state index is -5.27. The molecule has 7 heteroatoms. The fraction of sp³-hybridized carbons (Fsp3) is 0.500. The largest absolute Gasteiger partial charge is 0.376 e. The summed E-state index contributed by atoms with van der Waals surface area (Å²) in [5.41, 5.74) is 0. The summed E-state index contributed by atoms with van der Waals surface area (Å²) in [5.74, 6) is 0. The van der Waals surface area contributed by atoms with Gasteiger partial charge in [-0.2, -0.15) is 4.21 Å². The van der Waals surface area contributed by atoms with Crippen LogP contribution in [0.15, 0.2) is 4.36 Å². The molecule has 0 aliphatic carbocycles. The lowest BCUT2D eigenvalue weighted by Gasteiger charge is -1.85. The molecule has 4 nitrogen and oxygen atoms in total. The zero-order valence-electron chi connectivity index (χ0n) is 4.43. The Labute approximate surface area is 51.0 Å². The van der Waals surface area contributed by atoms with E-state index in [2.05, 4.69) is 0 Å². The van der Waals surface area contributed by atoms with Crippen molar-refractivity contribution in [1.82, 2.24) is 5.32 Å². The Bertz CT molecular complexity index is 211. The average Bonchev–Trinajstić information content (AvgIpc) is 1.62. The maximum Gasteiger partial charge on any atom is 0.376 e. The van der Waals surface area contributed by atoms with Gasteiger partial charge in [0.05, 0.1) is 0 Å². The number of amides is 2. The predicted octanol–water partition coefficient (Wildman–Crippen LogP) is 0.563. The normalized spacial score (nSPS) is 10.6. The molecule has 54 valence electrons. The molecular formula is C2H4F2N2O2S. The molecule has 0 heterocycles. The molecule has 0 spiro atoms. The van der Waals surface area contributed by atoms with Crippen molar-refractivity contribution in [1.29, 1.82) is 0 Å². The molecule has 2 amide bonds. The van der Waals surface area contributed by atoms with Crippen LogP contribution in [-0.2, 0) is 10.5 Å². The minimum absolute atomic E-state index is 1.11. The molecule has 9 heavy (non-hydrogen) atoms. The van der Waals surface area contributed by atoms with E-state index in [9.17, 15) is 16.8 Å². The molecule has 0 aliphatic rings. The third kappa shape index (κ3) is 5.15. The highest BCUT2D eigenvalue weighted by atomic mass is 32.3. The third-order valence-corrected chi connectivity index (χ3v) is 0.781. The third-order valence-electron chi connectivity index (χ3n) is 0.403. The summed E-state index contributed by atoms with van der Waals surface area (Å²) in [6, 6.07) is -1.29. The van der Waals surface area contributed by atoms with Crippen molar-refractivity contribution in [3.63, 3.8) is 0 Å². The Hall–Kier alpha value is -0.720. The van der Waals surface area contributed by atoms with Crippen molar-refractivity contribution in [2.75, 3.05) is 7.05 Å². The summed E-state index contributed by atoms with van der Waals surface area (Å²) < 4.78 is 33.9. The Morgan fingerprint density at radius 2 is 2.11 bits per heavy atom. The number of nitrogens with zero attached hydrogens (tertiary/aromatic N) is 1. The van der Waals surface area contributed by atoms with E-state index in [1.54, 1.807) is 5.32 Å². The van der Waals surface area contributed by atoms with E-state index in [1.165, 1.54) is 0 Å². The molecule has 0 aliphatic heterocycles. The van der Waals surface area contributed by atoms with Gasteiger partial charge in [0.2, 0.25) is 0 Å². The lowest BCUT2D eigenvalue weighted by atomic mass is 11.0. The van der Waals surface area contributed by atoms with Crippen molar-refractivity contribution >= 4 is 16.5 Å². The van der Waals surface area contributed by atoms with Gasteiger partial charge in [0.15, 0.2) is 0 Å². The van der Waals surface area contributed by atoms with Gasteiger partial charge in [-0.25, -0.2) is 4.79 Å². The highest BCUT2D eigenvalue weighted by Crippen LogP contribution is 1.97. The van der Waals surface area contributed by atoms with E-state index in [0.717, 1.165) is 7.05 Å². The van der Waals surface area contributed by atoms with Crippen molar-refractivity contribution in [2.24, 2.45) is 4.36 Å². The van der Waals surface area contributed by atoms with Gasteiger partial charge in [-0.05, 0) is 0 Å². The number of carbonyl (C=O) groups is 1. The molecule has 0 atom stereocenters. The number of nitrogens with one attached hydrogen (secondary N) is 1. The molecule has 0 aromatic carbocycles. The van der Waals surface area contributed by atoms with Crippen LogP contribution in [0, 0.1) is 0 Å². The molecule has 1 N–H and O–H groups in total. The van der Waals surface area contributed by atoms with E-state index < -0.39 is 16.5 Å². The second-order valence-corrected chi connectivity index (χ2v) is 2.02. The SMILES string of the molecule is CNC(=O)N=S(=O)(F)F. The highest BCUT2D eigenvalue weighted by Gasteiger charge is 2.03. The van der Waals surface area contributed by atoms with Gasteiger partial charge < -0.3 is 5.32 Å². The zero-order valence-corrected chi connectivity index (χ0v) is 5.24. The van der Waals surface area contributed by atoms with Crippen LogP contribution in [0.1, 0.15) is 0 Å². The Morgan fingerprint density at radius 3 is 2.22 bits per heavy atom. The lowest BCUT2D eigenvalue weighted by molar-refractivity contribution is 0.251. The van der Waals surface area contributed by atoms with Crippen LogP contribution in [0.4, 0.5) is 12.6 Å². The van der Waals surface area contributed by atoms with E-state index in [1.807, 2.05) is 4.36 Å². The molecular weight excluding hydrogens is 154 g/mol. The van der Waals surface area contributed by atoms with E-state index >= 15 is 0 Å². The molecule has 0 radical (unpaired) electrons. The summed E-state index contributed by atoms with van der Waals surface area (Å²) in [6.45, 7) is 0. The van der Waals surface area contributed by atoms with Crippen molar-refractivity contribution in [3.05, 3.63) is 0 Å². The van der Waals surface area contributed by atoms with Gasteiger partial charge in [0.25, 0.3) is 0 Å². The summed E-state index contributed by atoms with van der Waals surface area (Å²) in [6.07, 6.45) is 0. The van der Waals surface area contributed by atoms with Crippen molar-refractivity contribution in [2.45, 2.75) is 0 Å². The number of hydrogen-bond donors (Lipinski definition) is 1.